The summed E-state index contributed by atoms with van der Waals surface area (Å²) in [5.74, 6) is 1.08. The van der Waals surface area contributed by atoms with E-state index in [0.717, 1.165) is 60.4 Å². The van der Waals surface area contributed by atoms with Crippen molar-refractivity contribution in [3.8, 4) is 0 Å². The van der Waals surface area contributed by atoms with Crippen LogP contribution in [0.4, 0.5) is 5.69 Å². The summed E-state index contributed by atoms with van der Waals surface area (Å²) in [6, 6.07) is 10.0. The number of anilines is 1. The summed E-state index contributed by atoms with van der Waals surface area (Å²) < 4.78 is 2.01. The second-order valence-electron chi connectivity index (χ2n) is 11.2. The van der Waals surface area contributed by atoms with Gasteiger partial charge in [-0.2, -0.15) is 0 Å². The molecule has 2 saturated carbocycles. The second-order valence-corrected chi connectivity index (χ2v) is 11.2. The number of carbonyl (C=O) groups is 1. The van der Waals surface area contributed by atoms with Crippen LogP contribution in [-0.2, 0) is 31.9 Å². The fourth-order valence-electron chi connectivity index (χ4n) is 6.83. The van der Waals surface area contributed by atoms with Gasteiger partial charge in [0, 0.05) is 30.3 Å². The number of benzene rings is 1. The first kappa shape index (κ1) is 22.4. The van der Waals surface area contributed by atoms with Crippen molar-refractivity contribution in [1.29, 1.82) is 0 Å². The Kier molecular flexibility index (Phi) is 5.29. The quantitative estimate of drug-likeness (QED) is 0.554. The van der Waals surface area contributed by atoms with E-state index < -0.39 is 0 Å². The first-order chi connectivity index (χ1) is 16.9. The zero-order valence-corrected chi connectivity index (χ0v) is 20.5. The fourth-order valence-corrected chi connectivity index (χ4v) is 6.83. The molecule has 1 amide bonds. The number of nitrogens with one attached hydrogen (secondary N) is 1. The number of amides is 1. The summed E-state index contributed by atoms with van der Waals surface area (Å²) in [6.45, 7) is 2.06. The number of rotatable bonds is 6. The number of aliphatic hydroxyl groups is 1. The van der Waals surface area contributed by atoms with Gasteiger partial charge in [0.2, 0.25) is 0 Å². The van der Waals surface area contributed by atoms with E-state index in [1.54, 1.807) is 12.4 Å². The predicted octanol–water partition coefficient (Wildman–Crippen LogP) is 4.45. The van der Waals surface area contributed by atoms with Crippen molar-refractivity contribution >= 4 is 11.6 Å². The van der Waals surface area contributed by atoms with Gasteiger partial charge in [-0.1, -0.05) is 25.5 Å². The molecule has 0 radical (unpaired) electrons. The molecule has 1 atom stereocenters. The molecule has 7 nitrogen and oxygen atoms in total. The van der Waals surface area contributed by atoms with E-state index in [9.17, 15) is 9.90 Å². The van der Waals surface area contributed by atoms with Crippen molar-refractivity contribution in [3.63, 3.8) is 0 Å². The number of carbonyl (C=O) groups excluding carboxylic acids is 1. The maximum atomic E-state index is 13.2. The Bertz CT molecular complexity index is 1280. The van der Waals surface area contributed by atoms with E-state index in [-0.39, 0.29) is 17.9 Å². The Morgan fingerprint density at radius 3 is 2.77 bits per heavy atom. The van der Waals surface area contributed by atoms with E-state index in [0.29, 0.717) is 17.0 Å². The molecule has 3 aromatic rings. The van der Waals surface area contributed by atoms with Gasteiger partial charge in [-0.05, 0) is 84.7 Å². The molecule has 3 aliphatic carbocycles. The Balaban J connectivity index is 1.27. The van der Waals surface area contributed by atoms with Crippen molar-refractivity contribution in [2.24, 2.45) is 12.5 Å². The highest BCUT2D eigenvalue weighted by atomic mass is 16.3. The lowest BCUT2D eigenvalue weighted by molar-refractivity contribution is -0.0500. The Morgan fingerprint density at radius 1 is 1.26 bits per heavy atom. The van der Waals surface area contributed by atoms with Gasteiger partial charge in [-0.3, -0.25) is 4.79 Å². The number of nitrogens with zero attached hydrogens (tertiary/aromatic N) is 4. The van der Waals surface area contributed by atoms with Crippen molar-refractivity contribution in [3.05, 3.63) is 70.6 Å². The molecule has 0 saturated heterocycles. The third-order valence-corrected chi connectivity index (χ3v) is 8.82. The summed E-state index contributed by atoms with van der Waals surface area (Å²) in [6.07, 6.45) is 10.8. The molecular weight excluding hydrogens is 438 g/mol. The average molecular weight is 472 g/mol. The number of aromatic nitrogens is 4. The first-order valence-corrected chi connectivity index (χ1v) is 12.8. The van der Waals surface area contributed by atoms with Crippen LogP contribution in [0.3, 0.4) is 0 Å². The number of hydrogen-bond donors (Lipinski definition) is 2. The van der Waals surface area contributed by atoms with Crippen LogP contribution in [0, 0.1) is 5.41 Å². The van der Waals surface area contributed by atoms with Crippen molar-refractivity contribution in [1.82, 2.24) is 19.7 Å². The third-order valence-electron chi connectivity index (χ3n) is 8.82. The lowest BCUT2D eigenvalue weighted by Crippen LogP contribution is -2.54. The van der Waals surface area contributed by atoms with Crippen LogP contribution in [0.5, 0.6) is 0 Å². The van der Waals surface area contributed by atoms with E-state index >= 15 is 0 Å². The molecule has 2 fully saturated rings. The van der Waals surface area contributed by atoms with Gasteiger partial charge in [0.05, 0.1) is 6.61 Å². The van der Waals surface area contributed by atoms with Crippen LogP contribution in [0.25, 0.3) is 0 Å². The van der Waals surface area contributed by atoms with E-state index in [1.165, 1.54) is 24.8 Å². The molecule has 3 aliphatic rings. The molecule has 35 heavy (non-hydrogen) atoms. The third kappa shape index (κ3) is 3.77. The summed E-state index contributed by atoms with van der Waals surface area (Å²) in [7, 11) is 2.00. The summed E-state index contributed by atoms with van der Waals surface area (Å²) in [5.41, 5.74) is 5.80. The summed E-state index contributed by atoms with van der Waals surface area (Å²) in [5, 5.41) is 21.4. The SMILES string of the molecule is CC1CCc2c(CO)cc(C(=O)Nc3cccc(C4(Cc5nncn5C)CC5(CCC5)C4)c3)nc21. The van der Waals surface area contributed by atoms with Crippen LogP contribution >= 0.6 is 0 Å². The van der Waals surface area contributed by atoms with Crippen LogP contribution in [-0.4, -0.2) is 30.8 Å². The summed E-state index contributed by atoms with van der Waals surface area (Å²) >= 11 is 0. The topological polar surface area (TPSA) is 92.9 Å². The zero-order chi connectivity index (χ0) is 24.2. The smallest absolute Gasteiger partial charge is 0.274 e. The van der Waals surface area contributed by atoms with Crippen LogP contribution in [0.1, 0.15) is 90.1 Å². The van der Waals surface area contributed by atoms with Crippen LogP contribution in [0.15, 0.2) is 36.7 Å². The van der Waals surface area contributed by atoms with Gasteiger partial charge in [-0.25, -0.2) is 4.98 Å². The van der Waals surface area contributed by atoms with Crippen molar-refractivity contribution < 1.29 is 9.90 Å². The highest BCUT2D eigenvalue weighted by molar-refractivity contribution is 6.03. The molecule has 6 rings (SSSR count). The molecule has 2 heterocycles. The van der Waals surface area contributed by atoms with Crippen LogP contribution in [0.2, 0.25) is 0 Å². The minimum absolute atomic E-state index is 0.0211. The number of aliphatic hydroxyl groups excluding tert-OH is 1. The average Bonchev–Trinajstić information content (AvgIpc) is 3.39. The summed E-state index contributed by atoms with van der Waals surface area (Å²) in [4.78, 5) is 17.9. The van der Waals surface area contributed by atoms with E-state index in [4.69, 9.17) is 4.98 Å². The molecule has 182 valence electrons. The molecule has 1 unspecified atom stereocenters. The molecular formula is C28H33N5O2. The van der Waals surface area contributed by atoms with E-state index in [1.807, 2.05) is 23.7 Å². The molecule has 7 heteroatoms. The minimum atomic E-state index is -0.231. The Labute approximate surface area is 206 Å². The standard InChI is InChI=1S/C28H33N5O2/c1-18-7-8-22-19(14-34)11-23(31-25(18)22)26(35)30-21-6-3-5-20(12-21)28(13-24-32-29-17-33(24)2)15-27(16-28)9-4-10-27/h3,5-6,11-12,17-18,34H,4,7-10,13-16H2,1-2H3,(H,30,35). The van der Waals surface area contributed by atoms with Crippen molar-refractivity contribution in [2.45, 2.75) is 76.2 Å². The van der Waals surface area contributed by atoms with Gasteiger partial charge in [0.15, 0.2) is 0 Å². The highest BCUT2D eigenvalue weighted by Crippen LogP contribution is 2.65. The zero-order valence-electron chi connectivity index (χ0n) is 20.5. The molecule has 2 N–H and O–H groups in total. The molecule has 0 bridgehead atoms. The molecule has 1 spiro atoms. The van der Waals surface area contributed by atoms with E-state index in [2.05, 4.69) is 34.6 Å². The molecule has 0 aliphatic heterocycles. The monoisotopic (exact) mass is 471 g/mol. The lowest BCUT2D eigenvalue weighted by Gasteiger charge is -2.61. The lowest BCUT2D eigenvalue weighted by atomic mass is 9.43. The van der Waals surface area contributed by atoms with Gasteiger partial charge in [0.25, 0.3) is 5.91 Å². The largest absolute Gasteiger partial charge is 0.392 e. The Hall–Kier alpha value is -3.06. The fraction of sp³-hybridized carbons (Fsp3) is 0.500. The number of aryl methyl sites for hydroxylation is 1. The van der Waals surface area contributed by atoms with Gasteiger partial charge in [-0.15, -0.1) is 10.2 Å². The van der Waals surface area contributed by atoms with Gasteiger partial charge >= 0.3 is 0 Å². The van der Waals surface area contributed by atoms with Crippen LogP contribution < -0.4 is 5.32 Å². The normalized spacial score (nSPS) is 21.3. The maximum Gasteiger partial charge on any atom is 0.274 e. The molecule has 1 aromatic carbocycles. The molecule has 2 aromatic heterocycles. The number of fused-ring (bicyclic) bond motifs is 1. The minimum Gasteiger partial charge on any atom is -0.392 e. The van der Waals surface area contributed by atoms with Crippen molar-refractivity contribution in [2.75, 3.05) is 5.32 Å². The van der Waals surface area contributed by atoms with Gasteiger partial charge in [0.1, 0.15) is 17.8 Å². The Morgan fingerprint density at radius 2 is 2.09 bits per heavy atom. The first-order valence-electron chi connectivity index (χ1n) is 12.8. The second kappa shape index (κ2) is 8.26. The number of hydrogen-bond acceptors (Lipinski definition) is 5. The maximum absolute atomic E-state index is 13.2. The predicted molar refractivity (Wildman–Crippen MR) is 133 cm³/mol. The number of pyridine rings is 1. The highest BCUT2D eigenvalue weighted by Gasteiger charge is 2.57. The van der Waals surface area contributed by atoms with Gasteiger partial charge < -0.3 is 15.0 Å².